The Morgan fingerprint density at radius 1 is 1.00 bits per heavy atom. The molecule has 0 radical (unpaired) electrons. The van der Waals surface area contributed by atoms with Crippen LogP contribution in [0.4, 0.5) is 0 Å². The Morgan fingerprint density at radius 3 is 2.21 bits per heavy atom. The first-order valence-electron chi connectivity index (χ1n) is 7.46. The molecule has 0 saturated heterocycles. The molecule has 0 fully saturated rings. The summed E-state index contributed by atoms with van der Waals surface area (Å²) >= 11 is 0. The Balaban J connectivity index is 1.96. The Kier molecular flexibility index (Phi) is 6.09. The highest BCUT2D eigenvalue weighted by Gasteiger charge is 2.08. The van der Waals surface area contributed by atoms with Crippen LogP contribution in [-0.2, 0) is 21.2 Å². The first-order chi connectivity index (χ1) is 11.5. The number of sulfone groups is 1. The number of hydrogen-bond acceptors (Lipinski definition) is 3. The van der Waals surface area contributed by atoms with Crippen LogP contribution >= 0.6 is 0 Å². The van der Waals surface area contributed by atoms with E-state index >= 15 is 0 Å². The molecule has 24 heavy (non-hydrogen) atoms. The van der Waals surface area contributed by atoms with Crippen LogP contribution < -0.4 is 5.32 Å². The minimum atomic E-state index is -3.49. The number of hydrogen-bond donors (Lipinski definition) is 1. The molecule has 0 aliphatic rings. The normalized spacial score (nSPS) is 12.3. The van der Waals surface area contributed by atoms with Gasteiger partial charge in [-0.2, -0.15) is 0 Å². The van der Waals surface area contributed by atoms with Gasteiger partial charge in [-0.3, -0.25) is 4.79 Å². The minimum absolute atomic E-state index is 0.223. The summed E-state index contributed by atoms with van der Waals surface area (Å²) in [4.78, 5) is 12.2. The summed E-state index contributed by atoms with van der Waals surface area (Å²) in [5.41, 5.74) is 1.44. The molecule has 124 valence electrons. The van der Waals surface area contributed by atoms with E-state index in [1.165, 1.54) is 24.3 Å². The third-order valence-electron chi connectivity index (χ3n) is 3.33. The van der Waals surface area contributed by atoms with Crippen molar-refractivity contribution in [1.29, 1.82) is 0 Å². The van der Waals surface area contributed by atoms with E-state index in [9.17, 15) is 13.2 Å². The maximum absolute atomic E-state index is 12.1. The van der Waals surface area contributed by atoms with Gasteiger partial charge in [0.1, 0.15) is 0 Å². The summed E-state index contributed by atoms with van der Waals surface area (Å²) in [6.45, 7) is 2.07. The highest BCUT2D eigenvalue weighted by Crippen LogP contribution is 2.11. The second-order valence-corrected chi connectivity index (χ2v) is 7.04. The maximum atomic E-state index is 12.1. The van der Waals surface area contributed by atoms with Gasteiger partial charge in [0, 0.05) is 17.5 Å². The Bertz CT molecular complexity index is 839. The van der Waals surface area contributed by atoms with Gasteiger partial charge in [0.2, 0.25) is 5.91 Å². The van der Waals surface area contributed by atoms with Gasteiger partial charge in [-0.25, -0.2) is 8.42 Å². The van der Waals surface area contributed by atoms with Crippen molar-refractivity contribution < 1.29 is 13.2 Å². The lowest BCUT2D eigenvalue weighted by atomic mass is 10.2. The number of nitrogens with one attached hydrogen (secondary N) is 1. The zero-order valence-corrected chi connectivity index (χ0v) is 14.2. The van der Waals surface area contributed by atoms with Crippen LogP contribution in [0, 0.1) is 0 Å². The highest BCUT2D eigenvalue weighted by atomic mass is 32.2. The average molecular weight is 341 g/mol. The lowest BCUT2D eigenvalue weighted by molar-refractivity contribution is -0.117. The molecule has 2 aromatic carbocycles. The van der Waals surface area contributed by atoms with Gasteiger partial charge in [0.05, 0.1) is 4.90 Å². The van der Waals surface area contributed by atoms with E-state index in [0.29, 0.717) is 12.1 Å². The lowest BCUT2D eigenvalue weighted by Gasteiger charge is -2.04. The molecular formula is C19H19NO3S. The summed E-state index contributed by atoms with van der Waals surface area (Å²) in [5.74, 6) is -0.236. The fourth-order valence-corrected chi connectivity index (χ4v) is 2.95. The van der Waals surface area contributed by atoms with Crippen molar-refractivity contribution in [2.24, 2.45) is 0 Å². The standard InChI is InChI=1S/C19H19NO3S/c1-16(19(21)20-15-17-10-4-2-5-11-17)9-8-14-24(22,23)18-12-6-3-7-13-18/h2-14H,15H2,1H3,(H,20,21)/b14-8+,16-9-. The van der Waals surface area contributed by atoms with Crippen molar-refractivity contribution in [3.8, 4) is 0 Å². The van der Waals surface area contributed by atoms with E-state index in [0.717, 1.165) is 11.0 Å². The first-order valence-corrected chi connectivity index (χ1v) is 9.01. The van der Waals surface area contributed by atoms with Crippen LogP contribution in [0.2, 0.25) is 0 Å². The molecule has 0 unspecified atom stereocenters. The van der Waals surface area contributed by atoms with Crippen LogP contribution in [0.3, 0.4) is 0 Å². The molecule has 5 heteroatoms. The second-order valence-electron chi connectivity index (χ2n) is 5.20. The minimum Gasteiger partial charge on any atom is -0.348 e. The number of benzene rings is 2. The molecule has 1 N–H and O–H groups in total. The van der Waals surface area contributed by atoms with E-state index in [4.69, 9.17) is 0 Å². The number of carbonyl (C=O) groups is 1. The van der Waals surface area contributed by atoms with Crippen molar-refractivity contribution in [3.63, 3.8) is 0 Å². The summed E-state index contributed by atoms with van der Waals surface area (Å²) in [6.07, 6.45) is 2.86. The molecule has 0 aliphatic carbocycles. The monoisotopic (exact) mass is 341 g/mol. The molecule has 0 aliphatic heterocycles. The summed E-state index contributed by atoms with van der Waals surface area (Å²) in [6, 6.07) is 17.7. The quantitative estimate of drug-likeness (QED) is 0.648. The molecular weight excluding hydrogens is 322 g/mol. The zero-order valence-electron chi connectivity index (χ0n) is 13.3. The molecule has 0 atom stereocenters. The molecule has 0 heterocycles. The molecule has 0 aromatic heterocycles. The Hall–Kier alpha value is -2.66. The molecule has 0 bridgehead atoms. The molecule has 2 rings (SSSR count). The van der Waals surface area contributed by atoms with Gasteiger partial charge in [-0.1, -0.05) is 60.7 Å². The highest BCUT2D eigenvalue weighted by molar-refractivity contribution is 7.94. The lowest BCUT2D eigenvalue weighted by Crippen LogP contribution is -2.23. The van der Waals surface area contributed by atoms with E-state index in [-0.39, 0.29) is 10.8 Å². The maximum Gasteiger partial charge on any atom is 0.247 e. The van der Waals surface area contributed by atoms with Crippen molar-refractivity contribution in [2.75, 3.05) is 0 Å². The van der Waals surface area contributed by atoms with Crippen molar-refractivity contribution in [3.05, 3.63) is 89.4 Å². The third-order valence-corrected chi connectivity index (χ3v) is 4.77. The van der Waals surface area contributed by atoms with Gasteiger partial charge in [-0.05, 0) is 24.6 Å². The first kappa shape index (κ1) is 17.7. The Morgan fingerprint density at radius 2 is 1.58 bits per heavy atom. The van der Waals surface area contributed by atoms with Crippen LogP contribution in [0.5, 0.6) is 0 Å². The van der Waals surface area contributed by atoms with Crippen molar-refractivity contribution >= 4 is 15.7 Å². The van der Waals surface area contributed by atoms with Gasteiger partial charge >= 0.3 is 0 Å². The van der Waals surface area contributed by atoms with E-state index in [1.54, 1.807) is 25.1 Å². The summed E-state index contributed by atoms with van der Waals surface area (Å²) in [7, 11) is -3.49. The van der Waals surface area contributed by atoms with Crippen molar-refractivity contribution in [2.45, 2.75) is 18.4 Å². The van der Waals surface area contributed by atoms with Gasteiger partial charge in [0.25, 0.3) is 0 Å². The molecule has 2 aromatic rings. The number of carbonyl (C=O) groups excluding carboxylic acids is 1. The van der Waals surface area contributed by atoms with Gasteiger partial charge in [-0.15, -0.1) is 0 Å². The van der Waals surface area contributed by atoms with Gasteiger partial charge < -0.3 is 5.32 Å². The van der Waals surface area contributed by atoms with E-state index in [1.807, 2.05) is 30.3 Å². The zero-order chi connectivity index (χ0) is 17.4. The van der Waals surface area contributed by atoms with Crippen LogP contribution in [0.15, 0.2) is 88.7 Å². The number of rotatable bonds is 6. The van der Waals surface area contributed by atoms with E-state index in [2.05, 4.69) is 5.32 Å². The number of amides is 1. The molecule has 0 spiro atoms. The largest absolute Gasteiger partial charge is 0.348 e. The predicted molar refractivity (Wildman–Crippen MR) is 94.8 cm³/mol. The Labute approximate surface area is 142 Å². The third kappa shape index (κ3) is 5.21. The predicted octanol–water partition coefficient (Wildman–Crippen LogP) is 3.24. The topological polar surface area (TPSA) is 63.2 Å². The van der Waals surface area contributed by atoms with Gasteiger partial charge in [0.15, 0.2) is 9.84 Å². The number of allylic oxidation sites excluding steroid dienone is 2. The summed E-state index contributed by atoms with van der Waals surface area (Å²) < 4.78 is 24.2. The fourth-order valence-electron chi connectivity index (χ4n) is 1.97. The van der Waals surface area contributed by atoms with Crippen LogP contribution in [0.1, 0.15) is 12.5 Å². The average Bonchev–Trinajstić information content (AvgIpc) is 2.61. The van der Waals surface area contributed by atoms with Crippen LogP contribution in [-0.4, -0.2) is 14.3 Å². The second kappa shape index (κ2) is 8.26. The smallest absolute Gasteiger partial charge is 0.247 e. The van der Waals surface area contributed by atoms with Crippen LogP contribution in [0.25, 0.3) is 0 Å². The molecule has 4 nitrogen and oxygen atoms in total. The summed E-state index contributed by atoms with van der Waals surface area (Å²) in [5, 5.41) is 3.88. The fraction of sp³-hybridized carbons (Fsp3) is 0.105. The molecule has 0 saturated carbocycles. The van der Waals surface area contributed by atoms with Crippen molar-refractivity contribution in [1.82, 2.24) is 5.32 Å². The van der Waals surface area contributed by atoms with E-state index < -0.39 is 9.84 Å². The molecule has 1 amide bonds. The SMILES string of the molecule is C/C(=C/C=C/S(=O)(=O)c1ccccc1)C(=O)NCc1ccccc1.